The minimum Gasteiger partial charge on any atom is -1.00 e. The summed E-state index contributed by atoms with van der Waals surface area (Å²) in [6.07, 6.45) is 27.0. The van der Waals surface area contributed by atoms with E-state index in [4.69, 9.17) is 29.0 Å². The smallest absolute Gasteiger partial charge is 1.00 e. The Kier molecular flexibility index (Phi) is 27.5. The third-order valence-electron chi connectivity index (χ3n) is 21.3. The molecule has 418 valence electrons. The predicted molar refractivity (Wildman–Crippen MR) is 284 cm³/mol. The average molecular weight is 1170 g/mol. The summed E-state index contributed by atoms with van der Waals surface area (Å²) in [6, 6.07) is 0. The van der Waals surface area contributed by atoms with Crippen molar-refractivity contribution >= 4 is 34.0 Å². The van der Waals surface area contributed by atoms with Crippen LogP contribution in [-0.4, -0.2) is 106 Å². The van der Waals surface area contributed by atoms with Gasteiger partial charge >= 0.3 is 103 Å². The number of Topliss-reactive ketones (excluding diaryl/α,β-unsaturated/α-hetero) is 2. The zero-order chi connectivity index (χ0) is 51.4. The molecule has 0 spiro atoms. The van der Waals surface area contributed by atoms with Gasteiger partial charge in [0.1, 0.15) is 5.78 Å². The first-order valence-corrected chi connectivity index (χ1v) is 27.8. The van der Waals surface area contributed by atoms with Gasteiger partial charge in [-0.2, -0.15) is 10.2 Å². The van der Waals surface area contributed by atoms with Crippen molar-refractivity contribution in [2.75, 3.05) is 47.0 Å². The molecule has 8 aliphatic rings. The van der Waals surface area contributed by atoms with Crippen molar-refractivity contribution in [3.05, 3.63) is 24.8 Å². The molecule has 0 amide bonds. The van der Waals surface area contributed by atoms with E-state index in [9.17, 15) is 19.8 Å². The van der Waals surface area contributed by atoms with E-state index in [0.717, 1.165) is 93.1 Å². The van der Waals surface area contributed by atoms with Crippen LogP contribution in [0.25, 0.3) is 0 Å². The fourth-order valence-corrected chi connectivity index (χ4v) is 18.1. The molecule has 2 aromatic rings. The van der Waals surface area contributed by atoms with Crippen molar-refractivity contribution in [2.24, 2.45) is 80.8 Å². The molecule has 8 fully saturated rings. The molecule has 10 rings (SSSR count). The van der Waals surface area contributed by atoms with Crippen molar-refractivity contribution in [3.63, 3.8) is 0 Å². The van der Waals surface area contributed by atoms with E-state index in [0.29, 0.717) is 71.0 Å². The Labute approximate surface area is 545 Å². The molecular formula is C57H95BrK2N4O11. The molecule has 2 aromatic heterocycles. The molecule has 0 aromatic carbocycles. The number of ether oxygens (including phenoxy) is 4. The van der Waals surface area contributed by atoms with E-state index in [-0.39, 0.29) is 148 Å². The average Bonchev–Trinajstić information content (AvgIpc) is 4.19. The van der Waals surface area contributed by atoms with Gasteiger partial charge in [0, 0.05) is 26.1 Å². The maximum atomic E-state index is 13.4. The summed E-state index contributed by atoms with van der Waals surface area (Å²) < 4.78 is 22.4. The maximum absolute atomic E-state index is 13.4. The number of aromatic amines is 1. The molecule has 15 nitrogen and oxygen atoms in total. The van der Waals surface area contributed by atoms with Gasteiger partial charge in [0.05, 0.1) is 75.3 Å². The van der Waals surface area contributed by atoms with Crippen LogP contribution in [-0.2, 0) is 35.3 Å². The Morgan fingerprint density at radius 1 is 0.693 bits per heavy atom. The van der Waals surface area contributed by atoms with Crippen molar-refractivity contribution in [3.8, 4) is 11.5 Å². The molecule has 18 heteroatoms. The molecule has 0 bridgehead atoms. The van der Waals surface area contributed by atoms with Gasteiger partial charge in [0.15, 0.2) is 17.3 Å². The number of aromatic nitrogens is 4. The first-order valence-electron chi connectivity index (χ1n) is 26.7. The molecule has 8 saturated carbocycles. The van der Waals surface area contributed by atoms with Crippen LogP contribution in [0.15, 0.2) is 24.8 Å². The van der Waals surface area contributed by atoms with Crippen LogP contribution in [0.3, 0.4) is 0 Å². The van der Waals surface area contributed by atoms with Crippen LogP contribution in [0.1, 0.15) is 160 Å². The van der Waals surface area contributed by atoms with E-state index < -0.39 is 11.2 Å². The number of halogens is 1. The normalized spacial score (nSPS) is 39.4. The fourth-order valence-electron chi connectivity index (χ4n) is 17.8. The second kappa shape index (κ2) is 29.6. The van der Waals surface area contributed by atoms with Crippen LogP contribution in [0.4, 0.5) is 0 Å². The molecule has 2 heterocycles. The van der Waals surface area contributed by atoms with Crippen LogP contribution < -0.4 is 118 Å². The largest absolute Gasteiger partial charge is 1.00 e. The number of hydrogen-bond donors (Lipinski definition) is 3. The van der Waals surface area contributed by atoms with Gasteiger partial charge < -0.3 is 40.7 Å². The topological polar surface area (TPSA) is 207 Å². The van der Waals surface area contributed by atoms with Crippen LogP contribution in [0, 0.1) is 80.8 Å². The van der Waals surface area contributed by atoms with Crippen LogP contribution >= 0.6 is 15.9 Å². The summed E-state index contributed by atoms with van der Waals surface area (Å²) in [5.41, 5.74) is -0.241. The van der Waals surface area contributed by atoms with E-state index in [1.165, 1.54) is 57.8 Å². The molecular weight excluding hydrogens is 1070 g/mol. The Morgan fingerprint density at radius 2 is 1.15 bits per heavy atom. The van der Waals surface area contributed by atoms with Gasteiger partial charge in [0.2, 0.25) is 0 Å². The number of rotatable bonds is 12. The summed E-state index contributed by atoms with van der Waals surface area (Å²) in [5, 5.41) is 41.5. The molecule has 0 saturated heterocycles. The second-order valence-corrected chi connectivity index (χ2v) is 24.9. The molecule has 0 radical (unpaired) electrons. The van der Waals surface area contributed by atoms with Crippen LogP contribution in [0.5, 0.6) is 11.5 Å². The second-order valence-electron chi connectivity index (χ2n) is 24.4. The quantitative estimate of drug-likeness (QED) is 0.0913. The van der Waals surface area contributed by atoms with E-state index in [1.54, 1.807) is 51.7 Å². The zero-order valence-corrected chi connectivity index (χ0v) is 53.8. The van der Waals surface area contributed by atoms with Crippen molar-refractivity contribution in [2.45, 2.75) is 176 Å². The van der Waals surface area contributed by atoms with Crippen molar-refractivity contribution in [1.82, 2.24) is 20.0 Å². The number of H-pyrrole nitrogens is 1. The van der Waals surface area contributed by atoms with Crippen molar-refractivity contribution < 1.29 is 158 Å². The Hall–Kier alpha value is 0.383. The number of carbonyl (C=O) groups is 3. The van der Waals surface area contributed by atoms with Gasteiger partial charge in [-0.1, -0.05) is 58.5 Å². The number of alkyl halides is 1. The van der Waals surface area contributed by atoms with E-state index in [2.05, 4.69) is 63.8 Å². The number of aliphatic hydroxyl groups is 2. The van der Waals surface area contributed by atoms with Gasteiger partial charge in [-0.25, -0.2) is 0 Å². The third-order valence-corrected chi connectivity index (χ3v) is 21.8. The number of carbonyl (C=O) groups excluding carboxylic acids is 3. The SMILES string of the molecule is C.C.COC[C@@]1(O)CC[C@@]2(C)[C@@H](CC[C@@H]3[C@@H]2CC[C@]2(C)[C@@H](C(=O)CBr)CC[C@@H]32)C1.COC[C@@]1(O)CC[C@@]2(C)[C@@H](CC[C@@H]3[C@@H]2CC[C@]2(C)[C@@H](C(=O)Cn4cc(OC)cn4)CC[C@@H]32)C1.COc1cn[nH]c1.O=CO[O-].[H-].[K+].[K+]. The standard InChI is InChI=1S/C27H42N2O4.C23H37BrO3.C4H6N2O.CH2O3.2CH4.2K.H/c1-25-11-12-27(31,17-32-3)13-18(25)5-6-20-21-7-8-23(26(21,2)10-9-22(20)25)24(30)16-29-15-19(33-4)14-28-29;1-21-10-11-23(26,14-27-3)12-15(21)4-5-16-17-6-7-19(20(25)13-24)22(17,2)9-8-18(16)21;1-7-4-2-5-6-3-4;2-1-4-3;;;;;/h14-15,18,20-23,31H,5-13,16-17H2,1-4H3;15-19,26H,4-14H2,1-3H3;2-3H,1H3,(H,5,6);1,3H;2*1H4;;;/q;;;;;;2*+1;-1/p-1/t18-,20-,21-,22-,23+,25-,26-,27+;15-,16-,17-,18-,19+,21-,22-,23+;;;;;;;/m00......./s1. The summed E-state index contributed by atoms with van der Waals surface area (Å²) in [5.74, 6) is 8.24. The van der Waals surface area contributed by atoms with E-state index in [1.807, 2.05) is 6.20 Å². The monoisotopic (exact) mass is 1170 g/mol. The third kappa shape index (κ3) is 14.6. The molecule has 8 aliphatic carbocycles. The molecule has 0 aliphatic heterocycles. The minimum atomic E-state index is -0.644. The number of ketones is 2. The summed E-state index contributed by atoms with van der Waals surface area (Å²) >= 11 is 3.43. The molecule has 0 unspecified atom stereocenters. The zero-order valence-electron chi connectivity index (χ0n) is 47.0. The van der Waals surface area contributed by atoms with Gasteiger partial charge in [-0.15, -0.1) is 0 Å². The van der Waals surface area contributed by atoms with E-state index >= 15 is 0 Å². The number of nitrogens with zero attached hydrogens (tertiary/aromatic N) is 3. The molecule has 3 N–H and O–H groups in total. The Morgan fingerprint density at radius 3 is 1.52 bits per heavy atom. The number of methoxy groups -OCH3 is 4. The Bertz CT molecular complexity index is 2100. The predicted octanol–water partition coefficient (Wildman–Crippen LogP) is 3.73. The summed E-state index contributed by atoms with van der Waals surface area (Å²) in [6.45, 7) is 11.0. The first kappa shape index (κ1) is 69.7. The molecule has 75 heavy (non-hydrogen) atoms. The fraction of sp³-hybridized carbons (Fsp3) is 0.842. The molecule has 16 atom stereocenters. The summed E-state index contributed by atoms with van der Waals surface area (Å²) in [4.78, 5) is 37.2. The number of fused-ring (bicyclic) bond motifs is 10. The maximum Gasteiger partial charge on any atom is 1.00 e. The summed E-state index contributed by atoms with van der Waals surface area (Å²) in [7, 11) is 6.63. The van der Waals surface area contributed by atoms with Gasteiger partial charge in [-0.05, 0) is 185 Å². The van der Waals surface area contributed by atoms with Gasteiger partial charge in [-0.3, -0.25) is 24.2 Å². The van der Waals surface area contributed by atoms with Crippen molar-refractivity contribution in [1.29, 1.82) is 0 Å². The Balaban J connectivity index is 0.000000415. The number of hydrogen-bond acceptors (Lipinski definition) is 13. The van der Waals surface area contributed by atoms with Crippen LogP contribution in [0.2, 0.25) is 0 Å². The minimum absolute atomic E-state index is 0. The first-order chi connectivity index (χ1) is 33.8. The van der Waals surface area contributed by atoms with Gasteiger partial charge in [0.25, 0.3) is 6.47 Å². The number of nitrogens with one attached hydrogen (secondary N) is 1.